The van der Waals surface area contributed by atoms with Crippen molar-refractivity contribution in [1.82, 2.24) is 15.5 Å². The van der Waals surface area contributed by atoms with E-state index in [2.05, 4.69) is 34.7 Å². The molecule has 3 N–H and O–H groups in total. The molecule has 1 heterocycles. The fourth-order valence-corrected chi connectivity index (χ4v) is 3.23. The van der Waals surface area contributed by atoms with Crippen molar-refractivity contribution in [1.29, 1.82) is 0 Å². The van der Waals surface area contributed by atoms with Crippen molar-refractivity contribution in [2.75, 3.05) is 44.7 Å². The third kappa shape index (κ3) is 8.83. The van der Waals surface area contributed by atoms with Gasteiger partial charge in [0, 0.05) is 44.3 Å². The second-order valence-corrected chi connectivity index (χ2v) is 7.92. The van der Waals surface area contributed by atoms with Gasteiger partial charge in [0.05, 0.1) is 19.8 Å². The predicted molar refractivity (Wildman–Crippen MR) is 119 cm³/mol. The molecule has 0 bridgehead atoms. The third-order valence-corrected chi connectivity index (χ3v) is 4.80. The van der Waals surface area contributed by atoms with Crippen LogP contribution in [0.15, 0.2) is 29.3 Å². The number of amides is 1. The van der Waals surface area contributed by atoms with Crippen molar-refractivity contribution in [2.45, 2.75) is 46.7 Å². The molecule has 29 heavy (non-hydrogen) atoms. The normalized spacial score (nSPS) is 16.5. The highest BCUT2D eigenvalue weighted by Gasteiger charge is 2.17. The van der Waals surface area contributed by atoms with Crippen molar-refractivity contribution in [2.24, 2.45) is 10.9 Å². The number of aliphatic imine (C=N–C) groups is 1. The maximum Gasteiger partial charge on any atom is 0.224 e. The van der Waals surface area contributed by atoms with Gasteiger partial charge in [0.25, 0.3) is 0 Å². The molecular weight excluding hydrogens is 366 g/mol. The molecule has 0 spiro atoms. The van der Waals surface area contributed by atoms with E-state index < -0.39 is 0 Å². The van der Waals surface area contributed by atoms with Gasteiger partial charge in [0.15, 0.2) is 5.96 Å². The molecule has 7 nitrogen and oxygen atoms in total. The summed E-state index contributed by atoms with van der Waals surface area (Å²) in [4.78, 5) is 19.1. The van der Waals surface area contributed by atoms with Crippen molar-refractivity contribution in [3.8, 4) is 0 Å². The Balaban J connectivity index is 1.89. The Morgan fingerprint density at radius 1 is 1.21 bits per heavy atom. The number of anilines is 1. The van der Waals surface area contributed by atoms with Crippen LogP contribution in [0.2, 0.25) is 0 Å². The van der Waals surface area contributed by atoms with Crippen LogP contribution < -0.4 is 16.0 Å². The molecule has 2 rings (SSSR count). The molecule has 0 aliphatic carbocycles. The van der Waals surface area contributed by atoms with Gasteiger partial charge in [-0.3, -0.25) is 9.69 Å². The molecule has 1 unspecified atom stereocenters. The summed E-state index contributed by atoms with van der Waals surface area (Å²) < 4.78 is 5.43. The zero-order chi connectivity index (χ0) is 21.1. The predicted octanol–water partition coefficient (Wildman–Crippen LogP) is 2.45. The number of hydrogen-bond acceptors (Lipinski definition) is 4. The maximum atomic E-state index is 12.0. The van der Waals surface area contributed by atoms with Crippen LogP contribution in [0.1, 0.15) is 39.7 Å². The van der Waals surface area contributed by atoms with E-state index in [1.807, 2.05) is 38.1 Å². The Morgan fingerprint density at radius 3 is 2.66 bits per heavy atom. The summed E-state index contributed by atoms with van der Waals surface area (Å²) in [6.45, 7) is 14.1. The Labute approximate surface area is 175 Å². The zero-order valence-corrected chi connectivity index (χ0v) is 18.3. The Kier molecular flexibility index (Phi) is 9.94. The molecule has 0 aromatic heterocycles. The molecule has 1 aromatic carbocycles. The number of nitrogens with zero attached hydrogens (tertiary/aromatic N) is 2. The lowest BCUT2D eigenvalue weighted by atomic mass is 10.1. The second-order valence-electron chi connectivity index (χ2n) is 7.92. The van der Waals surface area contributed by atoms with Gasteiger partial charge in [0.2, 0.25) is 5.91 Å². The van der Waals surface area contributed by atoms with Gasteiger partial charge < -0.3 is 20.7 Å². The number of ether oxygens (including phenoxy) is 1. The largest absolute Gasteiger partial charge is 0.379 e. The molecule has 1 aromatic rings. The number of benzene rings is 1. The van der Waals surface area contributed by atoms with Crippen LogP contribution in [0.25, 0.3) is 0 Å². The van der Waals surface area contributed by atoms with Crippen LogP contribution in [0, 0.1) is 5.92 Å². The molecule has 1 amide bonds. The lowest BCUT2D eigenvalue weighted by Gasteiger charge is -2.32. The minimum absolute atomic E-state index is 0.0488. The molecule has 1 aliphatic rings. The summed E-state index contributed by atoms with van der Waals surface area (Å²) in [5, 5.41) is 9.72. The minimum atomic E-state index is 0.0488. The first-order valence-corrected chi connectivity index (χ1v) is 10.7. The smallest absolute Gasteiger partial charge is 0.224 e. The lowest BCUT2D eigenvalue weighted by Crippen LogP contribution is -2.49. The summed E-state index contributed by atoms with van der Waals surface area (Å²) in [7, 11) is 0. The standard InChI is InChI=1S/C22H37N5O2/c1-5-23-22(24-15-18(4)27-9-11-29-12-10-27)25-16-19-7-6-8-20(14-19)26-21(28)13-17(2)3/h6-8,14,17-18H,5,9-13,15-16H2,1-4H3,(H,26,28)(H2,23,24,25). The number of rotatable bonds is 9. The fraction of sp³-hybridized carbons (Fsp3) is 0.636. The number of carbonyl (C=O) groups excluding carboxylic acids is 1. The molecule has 7 heteroatoms. The number of hydrogen-bond donors (Lipinski definition) is 3. The van der Waals surface area contributed by atoms with E-state index in [9.17, 15) is 4.79 Å². The van der Waals surface area contributed by atoms with E-state index in [4.69, 9.17) is 9.73 Å². The van der Waals surface area contributed by atoms with Gasteiger partial charge in [-0.15, -0.1) is 0 Å². The van der Waals surface area contributed by atoms with Crippen molar-refractivity contribution < 1.29 is 9.53 Å². The topological polar surface area (TPSA) is 78.0 Å². The molecule has 1 saturated heterocycles. The lowest BCUT2D eigenvalue weighted by molar-refractivity contribution is -0.116. The van der Waals surface area contributed by atoms with E-state index in [1.54, 1.807) is 0 Å². The highest BCUT2D eigenvalue weighted by atomic mass is 16.5. The van der Waals surface area contributed by atoms with Crippen LogP contribution >= 0.6 is 0 Å². The van der Waals surface area contributed by atoms with Crippen LogP contribution in [0.5, 0.6) is 0 Å². The molecule has 0 saturated carbocycles. The highest BCUT2D eigenvalue weighted by molar-refractivity contribution is 5.90. The van der Waals surface area contributed by atoms with Gasteiger partial charge in [-0.2, -0.15) is 0 Å². The van der Waals surface area contributed by atoms with E-state index in [1.165, 1.54) is 0 Å². The average molecular weight is 404 g/mol. The first-order chi connectivity index (χ1) is 14.0. The highest BCUT2D eigenvalue weighted by Crippen LogP contribution is 2.13. The number of morpholine rings is 1. The number of nitrogens with one attached hydrogen (secondary N) is 3. The van der Waals surface area contributed by atoms with Gasteiger partial charge in [-0.1, -0.05) is 26.0 Å². The summed E-state index contributed by atoms with van der Waals surface area (Å²) in [6, 6.07) is 8.31. The fourth-order valence-electron chi connectivity index (χ4n) is 3.23. The van der Waals surface area contributed by atoms with E-state index in [0.717, 1.165) is 56.6 Å². The SMILES string of the molecule is CCNC(=NCc1cccc(NC(=O)CC(C)C)c1)NCC(C)N1CCOCC1. The molecule has 1 atom stereocenters. The van der Waals surface area contributed by atoms with Gasteiger partial charge in [-0.25, -0.2) is 4.99 Å². The Bertz CT molecular complexity index is 656. The number of guanidine groups is 1. The summed E-state index contributed by atoms with van der Waals surface area (Å²) in [5.74, 6) is 1.20. The van der Waals surface area contributed by atoms with E-state index in [-0.39, 0.29) is 5.91 Å². The van der Waals surface area contributed by atoms with Crippen LogP contribution in [0.4, 0.5) is 5.69 Å². The van der Waals surface area contributed by atoms with Crippen LogP contribution in [-0.4, -0.2) is 62.2 Å². The molecule has 1 fully saturated rings. The van der Waals surface area contributed by atoms with Crippen molar-refractivity contribution >= 4 is 17.6 Å². The monoisotopic (exact) mass is 403 g/mol. The molecular formula is C22H37N5O2. The first kappa shape index (κ1) is 23.2. The molecule has 1 aliphatic heterocycles. The Morgan fingerprint density at radius 2 is 1.97 bits per heavy atom. The van der Waals surface area contributed by atoms with Crippen LogP contribution in [-0.2, 0) is 16.1 Å². The van der Waals surface area contributed by atoms with Crippen molar-refractivity contribution in [3.63, 3.8) is 0 Å². The minimum Gasteiger partial charge on any atom is -0.379 e. The van der Waals surface area contributed by atoms with Gasteiger partial charge >= 0.3 is 0 Å². The first-order valence-electron chi connectivity index (χ1n) is 10.7. The second kappa shape index (κ2) is 12.4. The number of carbonyl (C=O) groups is 1. The van der Waals surface area contributed by atoms with Crippen molar-refractivity contribution in [3.05, 3.63) is 29.8 Å². The van der Waals surface area contributed by atoms with Crippen LogP contribution in [0.3, 0.4) is 0 Å². The van der Waals surface area contributed by atoms with Gasteiger partial charge in [-0.05, 0) is 37.5 Å². The maximum absolute atomic E-state index is 12.0. The molecule has 0 radical (unpaired) electrons. The van der Waals surface area contributed by atoms with E-state index >= 15 is 0 Å². The zero-order valence-electron chi connectivity index (χ0n) is 18.3. The average Bonchev–Trinajstić information content (AvgIpc) is 2.70. The Hall–Kier alpha value is -2.12. The summed E-state index contributed by atoms with van der Waals surface area (Å²) in [5.41, 5.74) is 1.88. The third-order valence-electron chi connectivity index (χ3n) is 4.80. The molecule has 162 valence electrons. The summed E-state index contributed by atoms with van der Waals surface area (Å²) in [6.07, 6.45) is 0.526. The quantitative estimate of drug-likeness (QED) is 0.436. The van der Waals surface area contributed by atoms with E-state index in [0.29, 0.717) is 24.9 Å². The van der Waals surface area contributed by atoms with Gasteiger partial charge in [0.1, 0.15) is 0 Å². The summed E-state index contributed by atoms with van der Waals surface area (Å²) >= 11 is 0.